The molecule has 0 saturated heterocycles. The molecule has 0 aromatic carbocycles. The van der Waals surface area contributed by atoms with Gasteiger partial charge in [-0.25, -0.2) is 0 Å². The lowest BCUT2D eigenvalue weighted by Gasteiger charge is -2.43. The van der Waals surface area contributed by atoms with Gasteiger partial charge in [0.1, 0.15) is 0 Å². The van der Waals surface area contributed by atoms with Crippen LogP contribution in [0.5, 0.6) is 0 Å². The molecule has 0 amide bonds. The Kier molecular flexibility index (Phi) is 6.37. The Morgan fingerprint density at radius 3 is 2.62 bits per heavy atom. The molecule has 0 spiro atoms. The van der Waals surface area contributed by atoms with Crippen molar-refractivity contribution in [2.45, 2.75) is 64.8 Å². The molecule has 1 aliphatic carbocycles. The van der Waals surface area contributed by atoms with Crippen LogP contribution in [0.1, 0.15) is 58.8 Å². The fourth-order valence-corrected chi connectivity index (χ4v) is 2.51. The first-order valence-corrected chi connectivity index (χ1v) is 6.95. The van der Waals surface area contributed by atoms with Crippen molar-refractivity contribution in [3.8, 4) is 0 Å². The van der Waals surface area contributed by atoms with Gasteiger partial charge in [-0.15, -0.1) is 0 Å². The monoisotopic (exact) mass is 227 g/mol. The Morgan fingerprint density at radius 1 is 1.38 bits per heavy atom. The van der Waals surface area contributed by atoms with Crippen molar-refractivity contribution in [3.63, 3.8) is 0 Å². The second-order valence-corrected chi connectivity index (χ2v) is 5.52. The van der Waals surface area contributed by atoms with E-state index in [1.807, 2.05) is 7.11 Å². The highest BCUT2D eigenvalue weighted by Gasteiger charge is 2.36. The first-order valence-electron chi connectivity index (χ1n) is 6.95. The molecule has 0 aromatic heterocycles. The molecule has 1 unspecified atom stereocenters. The molecule has 1 fully saturated rings. The molecule has 16 heavy (non-hydrogen) atoms. The normalized spacial score (nSPS) is 20.4. The molecule has 1 rings (SSSR count). The van der Waals surface area contributed by atoms with Gasteiger partial charge in [-0.05, 0) is 38.0 Å². The van der Waals surface area contributed by atoms with E-state index in [2.05, 4.69) is 19.2 Å². The molecule has 1 N–H and O–H groups in total. The minimum Gasteiger partial charge on any atom is -0.385 e. The number of hydrogen-bond donors (Lipinski definition) is 1. The van der Waals surface area contributed by atoms with Gasteiger partial charge in [0.05, 0.1) is 0 Å². The number of methoxy groups -OCH3 is 1. The van der Waals surface area contributed by atoms with Crippen LogP contribution in [-0.4, -0.2) is 26.3 Å². The zero-order chi connectivity index (χ0) is 11.9. The van der Waals surface area contributed by atoms with Gasteiger partial charge in [0, 0.05) is 26.3 Å². The van der Waals surface area contributed by atoms with Crippen LogP contribution in [0.3, 0.4) is 0 Å². The molecule has 2 heteroatoms. The SMILES string of the molecule is CCCCC(C)NCC1(CCOC)CCC1. The van der Waals surface area contributed by atoms with E-state index >= 15 is 0 Å². The van der Waals surface area contributed by atoms with Crippen LogP contribution >= 0.6 is 0 Å². The lowest BCUT2D eigenvalue weighted by molar-refractivity contribution is 0.0665. The second kappa shape index (κ2) is 7.29. The molecule has 1 aliphatic rings. The number of nitrogens with one attached hydrogen (secondary N) is 1. The summed E-state index contributed by atoms with van der Waals surface area (Å²) in [5.41, 5.74) is 0.566. The highest BCUT2D eigenvalue weighted by molar-refractivity contribution is 4.90. The molecular weight excluding hydrogens is 198 g/mol. The third kappa shape index (κ3) is 4.42. The maximum atomic E-state index is 5.22. The van der Waals surface area contributed by atoms with E-state index in [4.69, 9.17) is 4.74 Å². The molecule has 0 aliphatic heterocycles. The number of unbranched alkanes of at least 4 members (excludes halogenated alkanes) is 1. The van der Waals surface area contributed by atoms with Gasteiger partial charge >= 0.3 is 0 Å². The number of rotatable bonds is 9. The van der Waals surface area contributed by atoms with Crippen LogP contribution in [0.25, 0.3) is 0 Å². The minimum absolute atomic E-state index is 0.566. The molecule has 0 bridgehead atoms. The molecule has 0 radical (unpaired) electrons. The van der Waals surface area contributed by atoms with E-state index in [0.29, 0.717) is 11.5 Å². The van der Waals surface area contributed by atoms with Gasteiger partial charge in [-0.1, -0.05) is 26.2 Å². The first-order chi connectivity index (χ1) is 7.72. The summed E-state index contributed by atoms with van der Waals surface area (Å²) >= 11 is 0. The van der Waals surface area contributed by atoms with Gasteiger partial charge in [-0.2, -0.15) is 0 Å². The average molecular weight is 227 g/mol. The summed E-state index contributed by atoms with van der Waals surface area (Å²) in [6.07, 6.45) is 9.40. The number of hydrogen-bond acceptors (Lipinski definition) is 2. The summed E-state index contributed by atoms with van der Waals surface area (Å²) in [4.78, 5) is 0. The van der Waals surface area contributed by atoms with Crippen LogP contribution in [0.4, 0.5) is 0 Å². The maximum Gasteiger partial charge on any atom is 0.0468 e. The molecule has 2 nitrogen and oxygen atoms in total. The first kappa shape index (κ1) is 14.0. The highest BCUT2D eigenvalue weighted by Crippen LogP contribution is 2.43. The van der Waals surface area contributed by atoms with E-state index in [1.165, 1.54) is 51.5 Å². The smallest absolute Gasteiger partial charge is 0.0468 e. The Labute approximate surface area is 101 Å². The summed E-state index contributed by atoms with van der Waals surface area (Å²) in [5, 5.41) is 3.71. The zero-order valence-corrected chi connectivity index (χ0v) is 11.3. The Balaban J connectivity index is 2.17. The molecule has 0 aromatic rings. The molecule has 1 atom stereocenters. The topological polar surface area (TPSA) is 21.3 Å². The molecular formula is C14H29NO. The third-order valence-corrected chi connectivity index (χ3v) is 4.07. The summed E-state index contributed by atoms with van der Waals surface area (Å²) < 4.78 is 5.22. The van der Waals surface area contributed by atoms with Gasteiger partial charge < -0.3 is 10.1 Å². The van der Waals surface area contributed by atoms with Crippen molar-refractivity contribution in [3.05, 3.63) is 0 Å². The van der Waals surface area contributed by atoms with Crippen molar-refractivity contribution < 1.29 is 4.74 Å². The van der Waals surface area contributed by atoms with Crippen LogP contribution in [0, 0.1) is 5.41 Å². The lowest BCUT2D eigenvalue weighted by Crippen LogP contribution is -2.43. The summed E-state index contributed by atoms with van der Waals surface area (Å²) in [6.45, 7) is 6.70. The van der Waals surface area contributed by atoms with Crippen molar-refractivity contribution in [2.75, 3.05) is 20.3 Å². The fraction of sp³-hybridized carbons (Fsp3) is 1.00. The predicted octanol–water partition coefficient (Wildman–Crippen LogP) is 3.36. The lowest BCUT2D eigenvalue weighted by atomic mass is 9.66. The number of ether oxygens (including phenoxy) is 1. The standard InChI is InChI=1S/C14H29NO/c1-4-5-7-13(2)15-12-14(8-6-9-14)10-11-16-3/h13,15H,4-12H2,1-3H3. The molecule has 96 valence electrons. The van der Waals surface area contributed by atoms with Gasteiger partial charge in [-0.3, -0.25) is 0 Å². The zero-order valence-electron chi connectivity index (χ0n) is 11.3. The summed E-state index contributed by atoms with van der Waals surface area (Å²) in [6, 6.07) is 0.681. The third-order valence-electron chi connectivity index (χ3n) is 4.07. The van der Waals surface area contributed by atoms with E-state index in [-0.39, 0.29) is 0 Å². The Hall–Kier alpha value is -0.0800. The summed E-state index contributed by atoms with van der Waals surface area (Å²) in [7, 11) is 1.81. The van der Waals surface area contributed by atoms with Crippen LogP contribution in [0.2, 0.25) is 0 Å². The van der Waals surface area contributed by atoms with Gasteiger partial charge in [0.15, 0.2) is 0 Å². The van der Waals surface area contributed by atoms with Crippen molar-refractivity contribution in [2.24, 2.45) is 5.41 Å². The summed E-state index contributed by atoms with van der Waals surface area (Å²) in [5.74, 6) is 0. The highest BCUT2D eigenvalue weighted by atomic mass is 16.5. The van der Waals surface area contributed by atoms with Crippen LogP contribution in [-0.2, 0) is 4.74 Å². The van der Waals surface area contributed by atoms with E-state index in [9.17, 15) is 0 Å². The van der Waals surface area contributed by atoms with E-state index in [1.54, 1.807) is 0 Å². The molecule has 0 heterocycles. The Morgan fingerprint density at radius 2 is 2.12 bits per heavy atom. The van der Waals surface area contributed by atoms with Crippen LogP contribution < -0.4 is 5.32 Å². The quantitative estimate of drug-likeness (QED) is 0.652. The van der Waals surface area contributed by atoms with Gasteiger partial charge in [0.25, 0.3) is 0 Å². The predicted molar refractivity (Wildman–Crippen MR) is 69.8 cm³/mol. The van der Waals surface area contributed by atoms with Crippen molar-refractivity contribution in [1.82, 2.24) is 5.32 Å². The fourth-order valence-electron chi connectivity index (χ4n) is 2.51. The second-order valence-electron chi connectivity index (χ2n) is 5.52. The largest absolute Gasteiger partial charge is 0.385 e. The maximum absolute atomic E-state index is 5.22. The van der Waals surface area contributed by atoms with Crippen molar-refractivity contribution in [1.29, 1.82) is 0 Å². The van der Waals surface area contributed by atoms with E-state index < -0.39 is 0 Å². The van der Waals surface area contributed by atoms with Crippen molar-refractivity contribution >= 4 is 0 Å². The molecule has 1 saturated carbocycles. The minimum atomic E-state index is 0.566. The Bertz CT molecular complexity index is 178. The van der Waals surface area contributed by atoms with Crippen LogP contribution in [0.15, 0.2) is 0 Å². The van der Waals surface area contributed by atoms with Gasteiger partial charge in [0.2, 0.25) is 0 Å². The van der Waals surface area contributed by atoms with E-state index in [0.717, 1.165) is 6.61 Å². The average Bonchev–Trinajstić information content (AvgIpc) is 2.24.